The highest BCUT2D eigenvalue weighted by Crippen LogP contribution is 2.15. The van der Waals surface area contributed by atoms with Crippen molar-refractivity contribution in [2.24, 2.45) is 5.41 Å². The molecule has 0 aliphatic rings. The molecule has 0 amide bonds. The van der Waals surface area contributed by atoms with E-state index in [1.807, 2.05) is 6.92 Å². The zero-order valence-electron chi connectivity index (χ0n) is 21.9. The number of aryl methyl sites for hydroxylation is 1. The van der Waals surface area contributed by atoms with Crippen LogP contribution in [0.4, 0.5) is 0 Å². The quantitative estimate of drug-likeness (QED) is 0.155. The first-order valence-electron chi connectivity index (χ1n) is 11.9. The van der Waals surface area contributed by atoms with Crippen molar-refractivity contribution in [3.8, 4) is 0 Å². The van der Waals surface area contributed by atoms with Gasteiger partial charge < -0.3 is 23.7 Å². The van der Waals surface area contributed by atoms with Gasteiger partial charge in [0.2, 0.25) is 0 Å². The summed E-state index contributed by atoms with van der Waals surface area (Å²) < 4.78 is 57.3. The summed E-state index contributed by atoms with van der Waals surface area (Å²) in [4.78, 5) is 11.9. The smallest absolute Gasteiger partial charge is 0.313 e. The summed E-state index contributed by atoms with van der Waals surface area (Å²) in [7, 11) is -3.78. The number of ether oxygens (including phenoxy) is 5. The monoisotopic (exact) mass is 543 g/mol. The Hall–Kier alpha value is -2.42. The summed E-state index contributed by atoms with van der Waals surface area (Å²) in [5.41, 5.74) is 1.02. The number of carbonyl (C=O) groups excluding carboxylic acids is 1. The zero-order chi connectivity index (χ0) is 27.2. The van der Waals surface area contributed by atoms with Gasteiger partial charge in [-0.15, -0.1) is 5.10 Å². The maximum Gasteiger partial charge on any atom is 0.313 e. The lowest BCUT2D eigenvalue weighted by molar-refractivity contribution is -0.157. The molecule has 0 atom stereocenters. The topological polar surface area (TPSA) is 137 Å². The number of benzene rings is 1. The van der Waals surface area contributed by atoms with Gasteiger partial charge in [-0.3, -0.25) is 8.98 Å². The van der Waals surface area contributed by atoms with Gasteiger partial charge in [-0.25, -0.2) is 4.68 Å². The van der Waals surface area contributed by atoms with E-state index in [0.29, 0.717) is 45.3 Å². The molecule has 0 N–H and O–H groups in total. The van der Waals surface area contributed by atoms with Crippen LogP contribution in [0, 0.1) is 12.3 Å². The Morgan fingerprint density at radius 2 is 1.41 bits per heavy atom. The van der Waals surface area contributed by atoms with Crippen LogP contribution in [0.1, 0.15) is 32.0 Å². The van der Waals surface area contributed by atoms with E-state index in [1.165, 1.54) is 16.8 Å². The van der Waals surface area contributed by atoms with Gasteiger partial charge in [-0.1, -0.05) is 22.9 Å². The van der Waals surface area contributed by atoms with Gasteiger partial charge in [0.25, 0.3) is 10.1 Å². The predicted molar refractivity (Wildman–Crippen MR) is 132 cm³/mol. The minimum Gasteiger partial charge on any atom is -0.442 e. The van der Waals surface area contributed by atoms with Gasteiger partial charge >= 0.3 is 5.97 Å². The lowest BCUT2D eigenvalue weighted by atomic mass is 9.98. The molecular formula is C24H37N3O9S. The Kier molecular flexibility index (Phi) is 13.1. The van der Waals surface area contributed by atoms with E-state index in [2.05, 4.69) is 10.3 Å². The molecule has 0 bridgehead atoms. The second kappa shape index (κ2) is 15.7. The van der Waals surface area contributed by atoms with Crippen molar-refractivity contribution < 1.29 is 41.1 Å². The van der Waals surface area contributed by atoms with Crippen molar-refractivity contribution >= 4 is 16.1 Å². The van der Waals surface area contributed by atoms with Crippen LogP contribution >= 0.6 is 0 Å². The molecule has 208 valence electrons. The lowest BCUT2D eigenvalue weighted by Crippen LogP contribution is -2.24. The average molecular weight is 544 g/mol. The van der Waals surface area contributed by atoms with E-state index >= 15 is 0 Å². The molecule has 0 fully saturated rings. The van der Waals surface area contributed by atoms with Gasteiger partial charge in [-0.2, -0.15) is 8.42 Å². The molecule has 37 heavy (non-hydrogen) atoms. The van der Waals surface area contributed by atoms with Crippen molar-refractivity contribution in [1.82, 2.24) is 15.0 Å². The molecule has 1 aromatic carbocycles. The van der Waals surface area contributed by atoms with Crippen LogP contribution in [-0.4, -0.2) is 82.2 Å². The second-order valence-electron chi connectivity index (χ2n) is 9.04. The van der Waals surface area contributed by atoms with Gasteiger partial charge in [-0.05, 0) is 39.8 Å². The number of nitrogens with zero attached hydrogens (tertiary/aromatic N) is 3. The van der Waals surface area contributed by atoms with Crippen LogP contribution in [0.25, 0.3) is 0 Å². The number of esters is 1. The highest BCUT2D eigenvalue weighted by Gasteiger charge is 2.23. The molecule has 12 nitrogen and oxygen atoms in total. The minimum atomic E-state index is -3.78. The summed E-state index contributed by atoms with van der Waals surface area (Å²) in [6, 6.07) is 6.45. The number of aromatic nitrogens is 3. The van der Waals surface area contributed by atoms with Gasteiger partial charge in [0.1, 0.15) is 5.69 Å². The molecule has 0 spiro atoms. The fourth-order valence-corrected chi connectivity index (χ4v) is 3.51. The van der Waals surface area contributed by atoms with Crippen molar-refractivity contribution in [3.05, 3.63) is 41.7 Å². The summed E-state index contributed by atoms with van der Waals surface area (Å²) in [5.74, 6) is -0.314. The molecule has 13 heteroatoms. The average Bonchev–Trinajstić information content (AvgIpc) is 3.30. The van der Waals surface area contributed by atoms with E-state index in [9.17, 15) is 13.2 Å². The molecule has 0 saturated heterocycles. The Balaban J connectivity index is 1.39. The molecule has 0 saturated carbocycles. The van der Waals surface area contributed by atoms with E-state index < -0.39 is 15.5 Å². The molecule has 1 aromatic heterocycles. The Labute approximate surface area is 218 Å². The molecule has 2 rings (SSSR count). The fourth-order valence-electron chi connectivity index (χ4n) is 2.62. The predicted octanol–water partition coefficient (Wildman–Crippen LogP) is 2.11. The van der Waals surface area contributed by atoms with Crippen molar-refractivity contribution in [1.29, 1.82) is 0 Å². The van der Waals surface area contributed by atoms with Crippen LogP contribution < -0.4 is 0 Å². The van der Waals surface area contributed by atoms with Gasteiger partial charge in [0.05, 0.1) is 76.0 Å². The van der Waals surface area contributed by atoms with E-state index in [1.54, 1.807) is 39.1 Å². The maximum absolute atomic E-state index is 12.0. The maximum atomic E-state index is 12.0. The normalized spacial score (nSPS) is 12.1. The van der Waals surface area contributed by atoms with Crippen LogP contribution in [0.3, 0.4) is 0 Å². The second-order valence-corrected chi connectivity index (χ2v) is 10.7. The summed E-state index contributed by atoms with van der Waals surface area (Å²) >= 11 is 0. The van der Waals surface area contributed by atoms with Gasteiger partial charge in [0.15, 0.2) is 6.73 Å². The zero-order valence-corrected chi connectivity index (χ0v) is 22.7. The Morgan fingerprint density at radius 1 is 0.865 bits per heavy atom. The van der Waals surface area contributed by atoms with E-state index in [4.69, 9.17) is 27.9 Å². The lowest BCUT2D eigenvalue weighted by Gasteiger charge is -2.15. The standard InChI is InChI=1S/C24H37N3O9S/c1-20-5-7-22(8-6-20)37(29,30)36-16-15-33-12-11-31-9-10-32-13-14-34-18-21-17-27(26-25-21)19-35-23(28)24(2,3)4/h5-8,17H,9-16,18-19H2,1-4H3. The highest BCUT2D eigenvalue weighted by atomic mass is 32.2. The first-order chi connectivity index (χ1) is 17.6. The van der Waals surface area contributed by atoms with Crippen LogP contribution in [0.2, 0.25) is 0 Å². The molecule has 0 aliphatic heterocycles. The largest absolute Gasteiger partial charge is 0.442 e. The molecule has 1 heterocycles. The fraction of sp³-hybridized carbons (Fsp3) is 0.625. The van der Waals surface area contributed by atoms with Crippen molar-refractivity contribution in [2.75, 3.05) is 52.9 Å². The molecular weight excluding hydrogens is 506 g/mol. The minimum absolute atomic E-state index is 0.000952. The van der Waals surface area contributed by atoms with Crippen LogP contribution in [0.15, 0.2) is 35.4 Å². The molecule has 0 aliphatic carbocycles. The first kappa shape index (κ1) is 30.8. The SMILES string of the molecule is Cc1ccc(S(=O)(=O)OCCOCCOCCOCCOCc2cn(COC(=O)C(C)(C)C)nn2)cc1. The third-order valence-corrected chi connectivity index (χ3v) is 5.99. The Bertz CT molecular complexity index is 1030. The Morgan fingerprint density at radius 3 is 1.97 bits per heavy atom. The molecule has 2 aromatic rings. The number of hydrogen-bond acceptors (Lipinski definition) is 11. The highest BCUT2D eigenvalue weighted by molar-refractivity contribution is 7.86. The van der Waals surface area contributed by atoms with Crippen molar-refractivity contribution in [3.63, 3.8) is 0 Å². The van der Waals surface area contributed by atoms with Gasteiger partial charge in [0, 0.05) is 0 Å². The third-order valence-electron chi connectivity index (χ3n) is 4.67. The summed E-state index contributed by atoms with van der Waals surface area (Å²) in [6.45, 7) is 9.78. The number of carbonyl (C=O) groups is 1. The van der Waals surface area contributed by atoms with E-state index in [-0.39, 0.29) is 37.4 Å². The third kappa shape index (κ3) is 12.6. The summed E-state index contributed by atoms with van der Waals surface area (Å²) in [5, 5.41) is 7.86. The number of hydrogen-bond donors (Lipinski definition) is 0. The van der Waals surface area contributed by atoms with Crippen LogP contribution in [-0.2, 0) is 56.1 Å². The first-order valence-corrected chi connectivity index (χ1v) is 13.3. The van der Waals surface area contributed by atoms with Crippen molar-refractivity contribution in [2.45, 2.75) is 45.9 Å². The summed E-state index contributed by atoms with van der Waals surface area (Å²) in [6.07, 6.45) is 1.65. The molecule has 0 unspecified atom stereocenters. The molecule has 0 radical (unpaired) electrons. The number of rotatable bonds is 18. The van der Waals surface area contributed by atoms with Crippen LogP contribution in [0.5, 0.6) is 0 Å². The van der Waals surface area contributed by atoms with E-state index in [0.717, 1.165) is 5.56 Å².